The summed E-state index contributed by atoms with van der Waals surface area (Å²) in [6.07, 6.45) is 42.2. The van der Waals surface area contributed by atoms with E-state index < -0.39 is 57.6 Å². The minimum atomic E-state index is -4.77. The summed E-state index contributed by atoms with van der Waals surface area (Å²) in [6.45, 7) is 2.30. The van der Waals surface area contributed by atoms with Crippen LogP contribution in [0.1, 0.15) is 142 Å². The topological polar surface area (TPSA) is 169 Å². The lowest BCUT2D eigenvalue weighted by Crippen LogP contribution is -2.43. The monoisotopic (exact) mass is 779 g/mol. The summed E-state index contributed by atoms with van der Waals surface area (Å²) < 4.78 is 26.7. The van der Waals surface area contributed by atoms with Gasteiger partial charge in [-0.25, -0.2) is 9.36 Å². The van der Waals surface area contributed by atoms with Gasteiger partial charge in [0, 0.05) is 12.8 Å². The molecule has 11 nitrogen and oxygen atoms in total. The molecule has 0 heterocycles. The van der Waals surface area contributed by atoms with Gasteiger partial charge in [0.1, 0.15) is 12.7 Å². The van der Waals surface area contributed by atoms with Crippen LogP contribution in [0.2, 0.25) is 0 Å². The van der Waals surface area contributed by atoms with Crippen molar-refractivity contribution in [1.29, 1.82) is 0 Å². The number of aliphatic hydroxyl groups excluding tert-OH is 1. The number of hydrogen-bond donors (Lipinski definition) is 4. The van der Waals surface area contributed by atoms with Crippen LogP contribution in [0.15, 0.2) is 72.9 Å². The molecule has 0 aromatic heterocycles. The van der Waals surface area contributed by atoms with Gasteiger partial charge in [0.2, 0.25) is 5.91 Å². The summed E-state index contributed by atoms with van der Waals surface area (Å²) in [7, 11) is -4.77. The number of aliphatic hydroxyl groups is 1. The van der Waals surface area contributed by atoms with Crippen LogP contribution in [0, 0.1) is 0 Å². The van der Waals surface area contributed by atoms with Gasteiger partial charge in [-0.1, -0.05) is 125 Å². The molecule has 12 heteroatoms. The van der Waals surface area contributed by atoms with Crippen molar-refractivity contribution in [3.63, 3.8) is 0 Å². The van der Waals surface area contributed by atoms with Gasteiger partial charge >= 0.3 is 19.8 Å². The van der Waals surface area contributed by atoms with E-state index in [4.69, 9.17) is 13.8 Å². The third kappa shape index (κ3) is 35.9. The number of phosphoric ester groups is 1. The number of carboxylic acid groups (broad SMARTS) is 1. The van der Waals surface area contributed by atoms with Gasteiger partial charge in [-0.05, 0) is 77.0 Å². The van der Waals surface area contributed by atoms with Crippen LogP contribution >= 0.6 is 7.82 Å². The molecule has 0 aliphatic carbocycles. The Morgan fingerprint density at radius 1 is 0.593 bits per heavy atom. The first-order chi connectivity index (χ1) is 26.1. The molecular weight excluding hydrogens is 709 g/mol. The lowest BCUT2D eigenvalue weighted by atomic mass is 10.1. The molecule has 308 valence electrons. The number of carbonyl (C=O) groups is 3. The maximum Gasteiger partial charge on any atom is 0.472 e. The van der Waals surface area contributed by atoms with Crippen molar-refractivity contribution in [3.8, 4) is 0 Å². The molecule has 0 aromatic carbocycles. The predicted octanol–water partition coefficient (Wildman–Crippen LogP) is 9.77. The normalized spacial score (nSPS) is 14.6. The number of hydrogen-bond acceptors (Lipinski definition) is 8. The Morgan fingerprint density at radius 2 is 1.02 bits per heavy atom. The van der Waals surface area contributed by atoms with E-state index >= 15 is 0 Å². The Bertz CT molecular complexity index is 1190. The summed E-state index contributed by atoms with van der Waals surface area (Å²) in [4.78, 5) is 45.8. The van der Waals surface area contributed by atoms with Crippen molar-refractivity contribution < 1.29 is 47.8 Å². The molecule has 0 aromatic rings. The molecule has 0 spiro atoms. The van der Waals surface area contributed by atoms with E-state index in [0.29, 0.717) is 12.8 Å². The Labute approximate surface area is 325 Å². The average molecular weight is 780 g/mol. The van der Waals surface area contributed by atoms with Crippen LogP contribution in [-0.4, -0.2) is 64.9 Å². The fraction of sp³-hybridized carbons (Fsp3) is 0.643. The molecule has 1 amide bonds. The quantitative estimate of drug-likeness (QED) is 0.0208. The lowest BCUT2D eigenvalue weighted by Gasteiger charge is -2.18. The number of aliphatic carboxylic acids is 1. The Kier molecular flexibility index (Phi) is 34.8. The molecule has 0 saturated heterocycles. The standard InChI is InChI=1S/C42H70NO10P/c1-3-5-7-9-11-13-15-17-18-19-20-22-23-25-27-29-31-33-40(45)43-39(42(47)48)37-53-54(49,50)52-36-38(44)35-51-41(46)34-32-30-28-26-24-21-16-14-12-10-8-6-4-2/h5-8,11-14,17-18,21,24,38-39,44H,3-4,9-10,15-16,19-20,22-23,25-37H2,1-2H3,(H,43,45)(H,47,48)(H,49,50)/b7-5-,8-6-,13-11-,14-12-,18-17-,24-21-. The Morgan fingerprint density at radius 3 is 1.54 bits per heavy atom. The highest BCUT2D eigenvalue weighted by atomic mass is 31.2. The van der Waals surface area contributed by atoms with E-state index in [2.05, 4.69) is 92.1 Å². The lowest BCUT2D eigenvalue weighted by molar-refractivity contribution is -0.147. The summed E-state index contributed by atoms with van der Waals surface area (Å²) >= 11 is 0. The van der Waals surface area contributed by atoms with Crippen molar-refractivity contribution in [2.24, 2.45) is 0 Å². The number of carboxylic acids is 1. The Balaban J connectivity index is 4.00. The van der Waals surface area contributed by atoms with Crippen LogP contribution in [0.5, 0.6) is 0 Å². The smallest absolute Gasteiger partial charge is 0.472 e. The molecule has 54 heavy (non-hydrogen) atoms. The van der Waals surface area contributed by atoms with Crippen molar-refractivity contribution in [1.82, 2.24) is 5.32 Å². The highest BCUT2D eigenvalue weighted by molar-refractivity contribution is 7.47. The number of carbonyl (C=O) groups excluding carboxylic acids is 2. The first kappa shape index (κ1) is 50.9. The van der Waals surface area contributed by atoms with Crippen molar-refractivity contribution in [2.75, 3.05) is 19.8 Å². The fourth-order valence-corrected chi connectivity index (χ4v) is 5.70. The van der Waals surface area contributed by atoms with E-state index in [9.17, 15) is 34.1 Å². The third-order valence-corrected chi connectivity index (χ3v) is 8.94. The van der Waals surface area contributed by atoms with Crippen molar-refractivity contribution >= 4 is 25.7 Å². The second kappa shape index (κ2) is 36.9. The second-order valence-corrected chi connectivity index (χ2v) is 14.5. The van der Waals surface area contributed by atoms with Gasteiger partial charge in [-0.3, -0.25) is 18.6 Å². The number of nitrogens with one attached hydrogen (secondary N) is 1. The zero-order chi connectivity index (χ0) is 40.0. The van der Waals surface area contributed by atoms with Crippen LogP contribution in [0.25, 0.3) is 0 Å². The summed E-state index contributed by atoms with van der Waals surface area (Å²) in [5.74, 6) is -2.43. The maximum atomic E-state index is 12.3. The van der Waals surface area contributed by atoms with Gasteiger partial charge in [0.25, 0.3) is 0 Å². The number of allylic oxidation sites excluding steroid dienone is 12. The van der Waals surface area contributed by atoms with E-state index in [0.717, 1.165) is 103 Å². The average Bonchev–Trinajstić information content (AvgIpc) is 3.14. The number of unbranched alkanes of at least 4 members (excludes halogenated alkanes) is 10. The maximum absolute atomic E-state index is 12.3. The number of rotatable bonds is 36. The molecule has 0 aliphatic heterocycles. The van der Waals surface area contributed by atoms with Gasteiger partial charge in [-0.2, -0.15) is 0 Å². The van der Waals surface area contributed by atoms with Gasteiger partial charge < -0.3 is 25.2 Å². The largest absolute Gasteiger partial charge is 0.480 e. The van der Waals surface area contributed by atoms with Crippen LogP contribution in [-0.2, 0) is 32.7 Å². The number of phosphoric acid groups is 1. The Hall–Kier alpha value is -3.08. The zero-order valence-electron chi connectivity index (χ0n) is 33.0. The first-order valence-corrected chi connectivity index (χ1v) is 21.5. The number of esters is 1. The summed E-state index contributed by atoms with van der Waals surface area (Å²) in [6, 6.07) is -1.56. The fourth-order valence-electron chi connectivity index (χ4n) is 4.93. The molecule has 0 rings (SSSR count). The SMILES string of the molecule is CC/C=C\C/C=C\C/C=C\CCCCCCCCCC(=O)NC(COP(=O)(O)OCC(O)COC(=O)CCCCC/C=C\C/C=C\C/C=C\CC)C(=O)O. The highest BCUT2D eigenvalue weighted by Gasteiger charge is 2.28. The van der Waals surface area contributed by atoms with Crippen molar-refractivity contribution in [3.05, 3.63) is 72.9 Å². The molecule has 0 aliphatic rings. The van der Waals surface area contributed by atoms with Crippen molar-refractivity contribution in [2.45, 2.75) is 154 Å². The summed E-state index contributed by atoms with van der Waals surface area (Å²) in [5, 5.41) is 21.8. The van der Waals surface area contributed by atoms with Gasteiger partial charge in [-0.15, -0.1) is 0 Å². The molecule has 4 N–H and O–H groups in total. The molecule has 0 fully saturated rings. The first-order valence-electron chi connectivity index (χ1n) is 20.0. The van der Waals surface area contributed by atoms with E-state index in [1.165, 1.54) is 0 Å². The molecular formula is C42H70NO10P. The third-order valence-electron chi connectivity index (χ3n) is 7.99. The van der Waals surface area contributed by atoms with Crippen LogP contribution in [0.4, 0.5) is 0 Å². The molecule has 3 unspecified atom stereocenters. The van der Waals surface area contributed by atoms with E-state index in [-0.39, 0.29) is 12.8 Å². The van der Waals surface area contributed by atoms with Crippen LogP contribution < -0.4 is 5.32 Å². The van der Waals surface area contributed by atoms with E-state index in [1.54, 1.807) is 0 Å². The minimum Gasteiger partial charge on any atom is -0.480 e. The highest BCUT2D eigenvalue weighted by Crippen LogP contribution is 2.43. The zero-order valence-corrected chi connectivity index (χ0v) is 33.9. The van der Waals surface area contributed by atoms with Gasteiger partial charge in [0.15, 0.2) is 6.04 Å². The molecule has 0 radical (unpaired) electrons. The predicted molar refractivity (Wildman–Crippen MR) is 217 cm³/mol. The van der Waals surface area contributed by atoms with E-state index in [1.807, 2.05) is 0 Å². The molecule has 3 atom stereocenters. The number of ether oxygens (including phenoxy) is 1. The number of amides is 1. The molecule has 0 bridgehead atoms. The second-order valence-electron chi connectivity index (χ2n) is 13.1. The van der Waals surface area contributed by atoms with Crippen LogP contribution in [0.3, 0.4) is 0 Å². The summed E-state index contributed by atoms with van der Waals surface area (Å²) in [5.41, 5.74) is 0. The van der Waals surface area contributed by atoms with Gasteiger partial charge in [0.05, 0.1) is 13.2 Å². The molecule has 0 saturated carbocycles. The minimum absolute atomic E-state index is 0.128.